The maximum atomic E-state index is 13.9. The van der Waals surface area contributed by atoms with E-state index in [1.165, 1.54) is 29.6 Å². The van der Waals surface area contributed by atoms with Crippen molar-refractivity contribution in [1.82, 2.24) is 9.21 Å². The third-order valence-corrected chi connectivity index (χ3v) is 8.85. The zero-order valence-electron chi connectivity index (χ0n) is 22.6. The van der Waals surface area contributed by atoms with E-state index < -0.39 is 63.6 Å². The number of piperidine rings is 1. The molecule has 0 radical (unpaired) electrons. The van der Waals surface area contributed by atoms with E-state index in [1.54, 1.807) is 13.8 Å². The molecule has 14 heteroatoms. The van der Waals surface area contributed by atoms with Gasteiger partial charge in [-0.3, -0.25) is 4.79 Å². The van der Waals surface area contributed by atoms with Gasteiger partial charge in [-0.1, -0.05) is 6.07 Å². The van der Waals surface area contributed by atoms with Crippen LogP contribution in [0.25, 0.3) is 0 Å². The second-order valence-electron chi connectivity index (χ2n) is 9.98. The lowest BCUT2D eigenvalue weighted by atomic mass is 9.79. The van der Waals surface area contributed by atoms with Gasteiger partial charge < -0.3 is 9.64 Å². The number of rotatable bonds is 9. The molecule has 6 nitrogen and oxygen atoms in total. The van der Waals surface area contributed by atoms with Gasteiger partial charge >= 0.3 is 12.4 Å². The summed E-state index contributed by atoms with van der Waals surface area (Å²) in [7, 11) is -2.52. The van der Waals surface area contributed by atoms with Crippen molar-refractivity contribution in [3.8, 4) is 0 Å². The summed E-state index contributed by atoms with van der Waals surface area (Å²) in [6, 6.07) is 5.01. The van der Waals surface area contributed by atoms with Gasteiger partial charge in [0.1, 0.15) is 5.82 Å². The van der Waals surface area contributed by atoms with Crippen LogP contribution in [0.2, 0.25) is 0 Å². The first-order valence-corrected chi connectivity index (χ1v) is 14.4. The minimum Gasteiger partial charge on any atom is -0.381 e. The molecule has 41 heavy (non-hydrogen) atoms. The van der Waals surface area contributed by atoms with Crippen molar-refractivity contribution in [2.24, 2.45) is 5.92 Å². The molecule has 2 aromatic carbocycles. The van der Waals surface area contributed by atoms with Gasteiger partial charge in [-0.2, -0.15) is 26.3 Å². The van der Waals surface area contributed by atoms with Gasteiger partial charge in [0.05, 0.1) is 23.5 Å². The van der Waals surface area contributed by atoms with Crippen molar-refractivity contribution in [3.05, 3.63) is 70.0 Å². The molecule has 2 unspecified atom stereocenters. The number of hydrogen-bond donors (Lipinski definition) is 0. The largest absolute Gasteiger partial charge is 0.416 e. The van der Waals surface area contributed by atoms with E-state index >= 15 is 0 Å². The summed E-state index contributed by atoms with van der Waals surface area (Å²) >= 11 is 0. The van der Waals surface area contributed by atoms with Gasteiger partial charge in [-0.15, -0.1) is 0 Å². The van der Waals surface area contributed by atoms with E-state index in [4.69, 9.17) is 4.74 Å². The number of benzene rings is 2. The molecule has 0 aromatic heterocycles. The minimum atomic E-state index is -5.04. The van der Waals surface area contributed by atoms with Gasteiger partial charge in [-0.05, 0) is 67.3 Å². The average molecular weight is 613 g/mol. The van der Waals surface area contributed by atoms with Crippen molar-refractivity contribution >= 4 is 15.9 Å². The van der Waals surface area contributed by atoms with Crippen LogP contribution in [0.15, 0.2) is 36.4 Å². The summed E-state index contributed by atoms with van der Waals surface area (Å²) in [6.45, 7) is 2.92. The molecule has 0 N–H and O–H groups in total. The fourth-order valence-corrected chi connectivity index (χ4v) is 6.38. The highest BCUT2D eigenvalue weighted by Gasteiger charge is 2.41. The average Bonchev–Trinajstić information content (AvgIpc) is 2.87. The Morgan fingerprint density at radius 2 is 1.66 bits per heavy atom. The summed E-state index contributed by atoms with van der Waals surface area (Å²) in [5.74, 6) is -3.01. The molecule has 0 bridgehead atoms. The van der Waals surface area contributed by atoms with E-state index in [2.05, 4.69) is 0 Å². The van der Waals surface area contributed by atoms with Crippen molar-refractivity contribution in [1.29, 1.82) is 0 Å². The first-order chi connectivity index (χ1) is 18.9. The molecule has 1 aliphatic heterocycles. The number of halogens is 7. The standard InChI is InChI=1S/C27H31F7N2O4S/c1-4-40-9-10-41(38,39)36-8-7-23(24(16-36)22-6-5-21(28)11-17(22)2)25(37)35(3)15-18-12-19(26(29,30)31)14-20(13-18)27(32,33)34/h5-6,11-14,23-24H,4,7-10,15-16H2,1-3H3. The Labute approximate surface area is 234 Å². The molecular weight excluding hydrogens is 581 g/mol. The quantitative estimate of drug-likeness (QED) is 0.273. The number of ether oxygens (including phenoxy) is 1. The minimum absolute atomic E-state index is 0.0143. The molecule has 3 rings (SSSR count). The van der Waals surface area contributed by atoms with Crippen LogP contribution in [0.3, 0.4) is 0 Å². The van der Waals surface area contributed by atoms with Crippen LogP contribution in [0, 0.1) is 18.7 Å². The number of carbonyl (C=O) groups is 1. The highest BCUT2D eigenvalue weighted by Crippen LogP contribution is 2.39. The molecule has 228 valence electrons. The highest BCUT2D eigenvalue weighted by atomic mass is 32.2. The summed E-state index contributed by atoms with van der Waals surface area (Å²) in [4.78, 5) is 14.6. The zero-order valence-corrected chi connectivity index (χ0v) is 23.5. The molecule has 0 aliphatic carbocycles. The smallest absolute Gasteiger partial charge is 0.381 e. The third kappa shape index (κ3) is 8.19. The highest BCUT2D eigenvalue weighted by molar-refractivity contribution is 7.89. The summed E-state index contributed by atoms with van der Waals surface area (Å²) in [6.07, 6.45) is -10.0. The van der Waals surface area contributed by atoms with Gasteiger partial charge in [0.25, 0.3) is 0 Å². The second-order valence-corrected chi connectivity index (χ2v) is 12.1. The van der Waals surface area contributed by atoms with Crippen molar-refractivity contribution < 1.29 is 48.7 Å². The SMILES string of the molecule is CCOCCS(=O)(=O)N1CCC(C(=O)N(C)Cc2cc(C(F)(F)F)cc(C(F)(F)F)c2)C(c2ccc(F)cc2C)C1. The normalized spacial score (nSPS) is 18.9. The molecule has 0 saturated carbocycles. The van der Waals surface area contributed by atoms with Crippen LogP contribution in [0.4, 0.5) is 30.7 Å². The number of amides is 1. The topological polar surface area (TPSA) is 66.9 Å². The molecular formula is C27H31F7N2O4S. The zero-order chi connectivity index (χ0) is 30.8. The maximum absolute atomic E-state index is 13.9. The van der Waals surface area contributed by atoms with E-state index in [0.29, 0.717) is 29.9 Å². The Bertz CT molecular complexity index is 1310. The van der Waals surface area contributed by atoms with E-state index in [-0.39, 0.29) is 43.5 Å². The van der Waals surface area contributed by atoms with Crippen LogP contribution in [0.1, 0.15) is 47.1 Å². The molecule has 1 amide bonds. The fraction of sp³-hybridized carbons (Fsp3) is 0.519. The third-order valence-electron chi connectivity index (χ3n) is 7.05. The van der Waals surface area contributed by atoms with Crippen LogP contribution in [0.5, 0.6) is 0 Å². The predicted octanol–water partition coefficient (Wildman–Crippen LogP) is 5.60. The Morgan fingerprint density at radius 1 is 1.05 bits per heavy atom. The number of carbonyl (C=O) groups excluding carboxylic acids is 1. The summed E-state index contributed by atoms with van der Waals surface area (Å²) in [5, 5.41) is 0. The molecule has 1 fully saturated rings. The second kappa shape index (κ2) is 12.7. The van der Waals surface area contributed by atoms with Gasteiger partial charge in [0.15, 0.2) is 0 Å². The Hall–Kier alpha value is -2.71. The number of alkyl halides is 6. The molecule has 2 aromatic rings. The van der Waals surface area contributed by atoms with E-state index in [0.717, 1.165) is 4.90 Å². The molecule has 2 atom stereocenters. The van der Waals surface area contributed by atoms with Crippen LogP contribution in [-0.4, -0.2) is 62.6 Å². The fourth-order valence-electron chi connectivity index (χ4n) is 5.02. The Balaban J connectivity index is 1.92. The van der Waals surface area contributed by atoms with Crippen LogP contribution < -0.4 is 0 Å². The van der Waals surface area contributed by atoms with Crippen molar-refractivity contribution in [2.75, 3.05) is 39.1 Å². The molecule has 1 heterocycles. The lowest BCUT2D eigenvalue weighted by molar-refractivity contribution is -0.143. The maximum Gasteiger partial charge on any atom is 0.416 e. The monoisotopic (exact) mass is 612 g/mol. The van der Waals surface area contributed by atoms with Crippen LogP contribution >= 0.6 is 0 Å². The number of nitrogens with zero attached hydrogens (tertiary/aromatic N) is 2. The van der Waals surface area contributed by atoms with Crippen molar-refractivity contribution in [2.45, 2.75) is 45.1 Å². The number of aryl methyl sites for hydroxylation is 1. The summed E-state index contributed by atoms with van der Waals surface area (Å²) in [5.41, 5.74) is -2.37. The Kier molecular flexibility index (Phi) is 10.1. The van der Waals surface area contributed by atoms with E-state index in [9.17, 15) is 43.9 Å². The van der Waals surface area contributed by atoms with Gasteiger partial charge in [0.2, 0.25) is 15.9 Å². The molecule has 0 spiro atoms. The molecule has 1 saturated heterocycles. The first kappa shape index (κ1) is 32.8. The number of hydrogen-bond acceptors (Lipinski definition) is 4. The number of sulfonamides is 1. The first-order valence-electron chi connectivity index (χ1n) is 12.8. The summed E-state index contributed by atoms with van der Waals surface area (Å²) < 4.78 is 126. The predicted molar refractivity (Wildman–Crippen MR) is 137 cm³/mol. The molecule has 1 aliphatic rings. The van der Waals surface area contributed by atoms with Crippen molar-refractivity contribution in [3.63, 3.8) is 0 Å². The van der Waals surface area contributed by atoms with Crippen LogP contribution in [-0.2, 0) is 38.5 Å². The lowest BCUT2D eigenvalue weighted by Crippen LogP contribution is -2.48. The van der Waals surface area contributed by atoms with Gasteiger partial charge in [0, 0.05) is 45.1 Å². The van der Waals surface area contributed by atoms with Gasteiger partial charge in [-0.25, -0.2) is 17.1 Å². The lowest BCUT2D eigenvalue weighted by Gasteiger charge is -2.39. The van der Waals surface area contributed by atoms with E-state index in [1.807, 2.05) is 0 Å². The Morgan fingerprint density at radius 3 is 2.20 bits per heavy atom.